The van der Waals surface area contributed by atoms with Gasteiger partial charge in [0.25, 0.3) is 0 Å². The van der Waals surface area contributed by atoms with E-state index in [1.807, 2.05) is 15.6 Å². The Kier molecular flexibility index (Phi) is 3.67. The van der Waals surface area contributed by atoms with E-state index in [-0.39, 0.29) is 17.5 Å². The van der Waals surface area contributed by atoms with Crippen LogP contribution in [-0.2, 0) is 5.41 Å². The zero-order valence-electron chi connectivity index (χ0n) is 14.4. The Balaban J connectivity index is 1.53. The van der Waals surface area contributed by atoms with Crippen LogP contribution in [0.2, 0.25) is 0 Å². The van der Waals surface area contributed by atoms with Crippen LogP contribution in [0.1, 0.15) is 39.3 Å². The van der Waals surface area contributed by atoms with Gasteiger partial charge < -0.3 is 15.1 Å². The van der Waals surface area contributed by atoms with Gasteiger partial charge in [-0.05, 0) is 12.8 Å². The number of amides is 2. The maximum absolute atomic E-state index is 11.9. The third kappa shape index (κ3) is 2.72. The van der Waals surface area contributed by atoms with Crippen molar-refractivity contribution < 1.29 is 4.79 Å². The smallest absolute Gasteiger partial charge is 0.317 e. The molecule has 130 valence electrons. The highest BCUT2D eigenvalue weighted by Crippen LogP contribution is 2.30. The van der Waals surface area contributed by atoms with Crippen molar-refractivity contribution in [2.45, 2.75) is 45.1 Å². The Hall–Kier alpha value is -1.83. The van der Waals surface area contributed by atoms with E-state index in [2.05, 4.69) is 31.0 Å². The normalized spacial score (nSPS) is 22.5. The molecule has 0 aliphatic carbocycles. The van der Waals surface area contributed by atoms with E-state index in [0.717, 1.165) is 54.8 Å². The average Bonchev–Trinajstić information content (AvgIpc) is 3.20. The van der Waals surface area contributed by atoms with Gasteiger partial charge in [0.15, 0.2) is 0 Å². The van der Waals surface area contributed by atoms with Gasteiger partial charge in [-0.3, -0.25) is 0 Å². The zero-order chi connectivity index (χ0) is 16.9. The number of hydrogen-bond donors (Lipinski definition) is 1. The van der Waals surface area contributed by atoms with E-state index in [9.17, 15) is 4.79 Å². The van der Waals surface area contributed by atoms with E-state index in [1.165, 1.54) is 0 Å². The minimum Gasteiger partial charge on any atom is -0.345 e. The standard InChI is InChI=1S/C16H24N6OS/c1-16(2,3)12-10-22-14(18-12)24-15(19-22)20-7-4-5-11(9-20)21-8-6-17-13(21)23/h10-11H,4-9H2,1-3H3,(H,17,23)/t11-/m1/s1. The van der Waals surface area contributed by atoms with E-state index in [1.54, 1.807) is 11.3 Å². The molecule has 24 heavy (non-hydrogen) atoms. The molecule has 2 aliphatic heterocycles. The Bertz CT molecular complexity index is 729. The van der Waals surface area contributed by atoms with Gasteiger partial charge in [0.2, 0.25) is 10.1 Å². The van der Waals surface area contributed by atoms with E-state index in [4.69, 9.17) is 10.1 Å². The van der Waals surface area contributed by atoms with E-state index < -0.39 is 0 Å². The first-order valence-corrected chi connectivity index (χ1v) is 9.39. The molecule has 4 heterocycles. The molecule has 1 atom stereocenters. The Morgan fingerprint density at radius 2 is 2.17 bits per heavy atom. The van der Waals surface area contributed by atoms with Crippen LogP contribution in [-0.4, -0.2) is 57.7 Å². The van der Waals surface area contributed by atoms with Crippen molar-refractivity contribution in [3.8, 4) is 0 Å². The average molecular weight is 348 g/mol. The number of piperidine rings is 1. The molecule has 7 nitrogen and oxygen atoms in total. The quantitative estimate of drug-likeness (QED) is 0.902. The lowest BCUT2D eigenvalue weighted by molar-refractivity contribution is 0.189. The number of nitrogens with zero attached hydrogens (tertiary/aromatic N) is 5. The summed E-state index contributed by atoms with van der Waals surface area (Å²) in [5.41, 5.74) is 1.10. The van der Waals surface area contributed by atoms with Gasteiger partial charge in [-0.2, -0.15) is 0 Å². The Morgan fingerprint density at radius 3 is 2.83 bits per heavy atom. The molecule has 2 fully saturated rings. The lowest BCUT2D eigenvalue weighted by atomic mass is 9.93. The fourth-order valence-corrected chi connectivity index (χ4v) is 4.31. The predicted molar refractivity (Wildman–Crippen MR) is 94.9 cm³/mol. The van der Waals surface area contributed by atoms with Gasteiger partial charge in [-0.1, -0.05) is 32.1 Å². The molecular formula is C16H24N6OS. The van der Waals surface area contributed by atoms with Gasteiger partial charge in [0.1, 0.15) is 0 Å². The molecule has 0 bridgehead atoms. The van der Waals surface area contributed by atoms with Gasteiger partial charge in [0, 0.05) is 31.6 Å². The van der Waals surface area contributed by atoms with Crippen LogP contribution in [0.25, 0.3) is 4.96 Å². The van der Waals surface area contributed by atoms with Crippen molar-refractivity contribution in [2.75, 3.05) is 31.1 Å². The lowest BCUT2D eigenvalue weighted by Gasteiger charge is -2.36. The van der Waals surface area contributed by atoms with E-state index >= 15 is 0 Å². The molecule has 0 aromatic carbocycles. The topological polar surface area (TPSA) is 65.8 Å². The summed E-state index contributed by atoms with van der Waals surface area (Å²) in [6.45, 7) is 9.92. The summed E-state index contributed by atoms with van der Waals surface area (Å²) < 4.78 is 1.90. The van der Waals surface area contributed by atoms with Crippen molar-refractivity contribution in [3.63, 3.8) is 0 Å². The van der Waals surface area contributed by atoms with Crippen LogP contribution in [0.4, 0.5) is 9.93 Å². The number of imidazole rings is 1. The number of carbonyl (C=O) groups is 1. The summed E-state index contributed by atoms with van der Waals surface area (Å²) in [5.74, 6) is 0. The highest BCUT2D eigenvalue weighted by molar-refractivity contribution is 7.20. The highest BCUT2D eigenvalue weighted by atomic mass is 32.1. The third-order valence-corrected chi connectivity index (χ3v) is 5.78. The second-order valence-corrected chi connectivity index (χ2v) is 8.59. The molecule has 0 unspecified atom stereocenters. The zero-order valence-corrected chi connectivity index (χ0v) is 15.3. The van der Waals surface area contributed by atoms with Crippen molar-refractivity contribution in [3.05, 3.63) is 11.9 Å². The molecule has 2 aromatic rings. The van der Waals surface area contributed by atoms with Gasteiger partial charge >= 0.3 is 6.03 Å². The van der Waals surface area contributed by atoms with Gasteiger partial charge in [0.05, 0.1) is 17.9 Å². The lowest BCUT2D eigenvalue weighted by Crippen LogP contribution is -2.49. The number of carbonyl (C=O) groups excluding carboxylic acids is 1. The van der Waals surface area contributed by atoms with Crippen molar-refractivity contribution in [2.24, 2.45) is 0 Å². The molecule has 4 rings (SSSR count). The minimum atomic E-state index is 0.0346. The van der Waals surface area contributed by atoms with Gasteiger partial charge in [-0.15, -0.1) is 5.10 Å². The van der Waals surface area contributed by atoms with Crippen LogP contribution < -0.4 is 10.2 Å². The second-order valence-electron chi connectivity index (χ2n) is 7.66. The molecule has 2 aliphatic rings. The van der Waals surface area contributed by atoms with Gasteiger partial charge in [-0.25, -0.2) is 14.3 Å². The number of aromatic nitrogens is 3. The number of rotatable bonds is 2. The first kappa shape index (κ1) is 15.7. The third-order valence-electron chi connectivity index (χ3n) is 4.80. The monoisotopic (exact) mass is 348 g/mol. The molecule has 1 N–H and O–H groups in total. The van der Waals surface area contributed by atoms with E-state index in [0.29, 0.717) is 0 Å². The maximum Gasteiger partial charge on any atom is 0.317 e. The summed E-state index contributed by atoms with van der Waals surface area (Å²) in [7, 11) is 0. The largest absolute Gasteiger partial charge is 0.345 e. The summed E-state index contributed by atoms with van der Waals surface area (Å²) in [6.07, 6.45) is 4.19. The Labute approximate surface area is 145 Å². The highest BCUT2D eigenvalue weighted by Gasteiger charge is 2.32. The number of fused-ring (bicyclic) bond motifs is 1. The fraction of sp³-hybridized carbons (Fsp3) is 0.688. The van der Waals surface area contributed by atoms with Crippen LogP contribution in [0, 0.1) is 0 Å². The maximum atomic E-state index is 11.9. The summed E-state index contributed by atoms with van der Waals surface area (Å²) in [5, 5.41) is 8.63. The second kappa shape index (κ2) is 5.61. The van der Waals surface area contributed by atoms with Crippen LogP contribution >= 0.6 is 11.3 Å². The first-order chi connectivity index (χ1) is 11.4. The first-order valence-electron chi connectivity index (χ1n) is 8.58. The molecule has 0 saturated carbocycles. The number of hydrogen-bond acceptors (Lipinski definition) is 5. The summed E-state index contributed by atoms with van der Waals surface area (Å²) in [4.78, 5) is 21.9. The van der Waals surface area contributed by atoms with Crippen molar-refractivity contribution in [1.82, 2.24) is 24.8 Å². The van der Waals surface area contributed by atoms with Crippen LogP contribution in [0.15, 0.2) is 6.20 Å². The number of anilines is 1. The molecule has 2 saturated heterocycles. The number of urea groups is 1. The van der Waals surface area contributed by atoms with Crippen molar-refractivity contribution >= 4 is 27.5 Å². The number of nitrogens with one attached hydrogen (secondary N) is 1. The summed E-state index contributed by atoms with van der Waals surface area (Å²) >= 11 is 1.63. The van der Waals surface area contributed by atoms with Crippen molar-refractivity contribution in [1.29, 1.82) is 0 Å². The predicted octanol–water partition coefficient (Wildman–Crippen LogP) is 2.08. The summed E-state index contributed by atoms with van der Waals surface area (Å²) in [6, 6.07) is 0.355. The fourth-order valence-electron chi connectivity index (χ4n) is 3.40. The molecule has 2 amide bonds. The molecule has 0 spiro atoms. The molecule has 8 heteroatoms. The minimum absolute atomic E-state index is 0.0346. The SMILES string of the molecule is CC(C)(C)c1cn2nc(N3CCC[C@@H](N4CCNC4=O)C3)sc2n1. The van der Waals surface area contributed by atoms with Crippen LogP contribution in [0.5, 0.6) is 0 Å². The molecular weight excluding hydrogens is 324 g/mol. The Morgan fingerprint density at radius 1 is 1.33 bits per heavy atom. The molecule has 2 aromatic heterocycles. The van der Waals surface area contributed by atoms with Crippen LogP contribution in [0.3, 0.4) is 0 Å². The molecule has 0 radical (unpaired) electrons.